The lowest BCUT2D eigenvalue weighted by Gasteiger charge is -2.35. The maximum absolute atomic E-state index is 15.1. The van der Waals surface area contributed by atoms with Crippen molar-refractivity contribution >= 4 is 47.5 Å². The van der Waals surface area contributed by atoms with Gasteiger partial charge in [0, 0.05) is 65.5 Å². The molecule has 20 heteroatoms. The van der Waals surface area contributed by atoms with E-state index in [1.807, 2.05) is 141 Å². The van der Waals surface area contributed by atoms with Crippen LogP contribution in [0.25, 0.3) is 0 Å². The number of imidazole rings is 2. The van der Waals surface area contributed by atoms with Crippen molar-refractivity contribution in [3.05, 3.63) is 106 Å². The molecule has 0 bridgehead atoms. The first-order valence-corrected chi connectivity index (χ1v) is 29.4. The number of nitrogens with zero attached hydrogens (tertiary/aromatic N) is 8. The van der Waals surface area contributed by atoms with E-state index in [9.17, 15) is 28.8 Å². The number of hydrogen-bond donors (Lipinski definition) is 0. The summed E-state index contributed by atoms with van der Waals surface area (Å²) in [7, 11) is 5.60. The Morgan fingerprint density at radius 1 is 0.393 bits per heavy atom. The van der Waals surface area contributed by atoms with Crippen molar-refractivity contribution < 1.29 is 57.3 Å². The van der Waals surface area contributed by atoms with Crippen LogP contribution in [0.4, 0.5) is 0 Å². The van der Waals surface area contributed by atoms with Crippen LogP contribution in [-0.2, 0) is 83.2 Å². The van der Waals surface area contributed by atoms with Crippen LogP contribution in [0.2, 0.25) is 0 Å². The molecule has 460 valence electrons. The fraction of sp³-hybridized carbons (Fsp3) is 0.594. The predicted octanol–water partition coefficient (Wildman–Crippen LogP) is 7.39. The molecule has 1 aliphatic heterocycles. The minimum Gasteiger partial charge on any atom is -0.451 e. The number of carbonyl (C=O) groups is 8. The summed E-state index contributed by atoms with van der Waals surface area (Å²) in [5.74, 6) is -7.39. The van der Waals surface area contributed by atoms with Crippen molar-refractivity contribution in [1.82, 2.24) is 38.7 Å². The molecule has 20 nitrogen and oxygen atoms in total. The van der Waals surface area contributed by atoms with Gasteiger partial charge in [0.1, 0.15) is 24.2 Å². The summed E-state index contributed by atoms with van der Waals surface area (Å²) in [4.78, 5) is 131. The molecule has 0 spiro atoms. The van der Waals surface area contributed by atoms with Crippen LogP contribution in [0.15, 0.2) is 61.2 Å². The topological polar surface area (TPSA) is 222 Å². The van der Waals surface area contributed by atoms with E-state index < -0.39 is 96.1 Å². The molecule has 1 aliphatic rings. The highest BCUT2D eigenvalue weighted by Crippen LogP contribution is 2.25. The van der Waals surface area contributed by atoms with Gasteiger partial charge in [0.15, 0.2) is 24.4 Å². The molecule has 0 N–H and O–H groups in total. The highest BCUT2D eigenvalue weighted by atomic mass is 16.6. The third kappa shape index (κ3) is 17.8. The quantitative estimate of drug-likeness (QED) is 0.0789. The number of carbonyl (C=O) groups excluding carboxylic acids is 8. The van der Waals surface area contributed by atoms with E-state index in [0.29, 0.717) is 24.2 Å². The molecule has 1 saturated heterocycles. The predicted molar refractivity (Wildman–Crippen MR) is 317 cm³/mol. The Bertz CT molecular complexity index is 2720. The molecule has 2 aromatic heterocycles. The van der Waals surface area contributed by atoms with Crippen LogP contribution in [0.1, 0.15) is 140 Å². The van der Waals surface area contributed by atoms with Crippen molar-refractivity contribution in [1.29, 1.82) is 0 Å². The van der Waals surface area contributed by atoms with Gasteiger partial charge in [-0.2, -0.15) is 0 Å². The molecule has 0 saturated carbocycles. The molecule has 4 amide bonds. The lowest BCUT2D eigenvalue weighted by molar-refractivity contribution is -0.176. The number of cyclic esters (lactones) is 4. The zero-order valence-corrected chi connectivity index (χ0v) is 52.8. The van der Waals surface area contributed by atoms with Crippen LogP contribution in [0, 0.1) is 51.4 Å². The lowest BCUT2D eigenvalue weighted by Crippen LogP contribution is -2.55. The van der Waals surface area contributed by atoms with Crippen LogP contribution in [-0.4, -0.2) is 163 Å². The van der Waals surface area contributed by atoms with Crippen LogP contribution in [0.3, 0.4) is 0 Å². The highest BCUT2D eigenvalue weighted by Gasteiger charge is 2.43. The van der Waals surface area contributed by atoms with E-state index in [1.54, 1.807) is 12.7 Å². The molecule has 0 radical (unpaired) electrons. The van der Waals surface area contributed by atoms with Crippen molar-refractivity contribution in [2.24, 2.45) is 23.7 Å². The fourth-order valence-electron chi connectivity index (χ4n) is 10.3. The first-order valence-electron chi connectivity index (χ1n) is 29.4. The summed E-state index contributed by atoms with van der Waals surface area (Å²) in [5, 5.41) is 0. The van der Waals surface area contributed by atoms with Crippen LogP contribution < -0.4 is 0 Å². The first kappa shape index (κ1) is 67.4. The number of amides is 4. The number of hydrogen-bond acceptors (Lipinski definition) is 14. The molecule has 4 aromatic rings. The van der Waals surface area contributed by atoms with Crippen molar-refractivity contribution in [2.45, 2.75) is 197 Å². The summed E-state index contributed by atoms with van der Waals surface area (Å²) in [6, 6.07) is 9.78. The number of likely N-dealkylation sites (N-methyl/N-ethyl adjacent to an activating group) is 4. The molecular weight excluding hydrogens is 1070 g/mol. The summed E-state index contributed by atoms with van der Waals surface area (Å²) < 4.78 is 28.4. The SMILES string of the molecule is Cc1ncn(Cc2ccc(C[C@H]3OC(=O)[C@H](CC(C)C)N(C)C(=O)[C@@H](C)OC(=O)[C@H](CC(C)C)N(C)C(=O)[C@@H](Cc4ccc(Cn5cnc(C)c5C)cc4)OC(=O)[C@H](CC(C)C)N(C)C(=O)[C@@H](C)OC(=O)[C@H](CC(C)C)N(C)C3=O)cc2)c1C. The molecular formula is C64H92N8O12. The largest absolute Gasteiger partial charge is 0.451 e. The number of esters is 4. The van der Waals surface area contributed by atoms with Gasteiger partial charge in [-0.15, -0.1) is 0 Å². The second-order valence-corrected chi connectivity index (χ2v) is 24.5. The maximum atomic E-state index is 15.1. The van der Waals surface area contributed by atoms with Gasteiger partial charge in [-0.1, -0.05) is 104 Å². The van der Waals surface area contributed by atoms with E-state index in [1.165, 1.54) is 51.8 Å². The van der Waals surface area contributed by atoms with Crippen molar-refractivity contribution in [3.63, 3.8) is 0 Å². The normalized spacial score (nSPS) is 22.7. The second-order valence-electron chi connectivity index (χ2n) is 24.5. The summed E-state index contributed by atoms with van der Waals surface area (Å²) in [5.41, 5.74) is 7.01. The number of aryl methyl sites for hydroxylation is 2. The van der Waals surface area contributed by atoms with Crippen molar-refractivity contribution in [3.8, 4) is 0 Å². The highest BCUT2D eigenvalue weighted by molar-refractivity contribution is 5.94. The zero-order valence-electron chi connectivity index (χ0n) is 52.8. The third-order valence-corrected chi connectivity index (χ3v) is 15.8. The molecule has 0 unspecified atom stereocenters. The van der Waals surface area contributed by atoms with E-state index in [2.05, 4.69) is 9.97 Å². The zero-order chi connectivity index (χ0) is 62.6. The van der Waals surface area contributed by atoms with Crippen molar-refractivity contribution in [2.75, 3.05) is 28.2 Å². The van der Waals surface area contributed by atoms with E-state index in [0.717, 1.165) is 43.7 Å². The summed E-state index contributed by atoms with van der Waals surface area (Å²) in [6.07, 6.45) is -2.41. The fourth-order valence-corrected chi connectivity index (χ4v) is 10.3. The van der Waals surface area contributed by atoms with Gasteiger partial charge in [0.05, 0.1) is 24.0 Å². The van der Waals surface area contributed by atoms with Gasteiger partial charge in [-0.05, 0) is 113 Å². The van der Waals surface area contributed by atoms with E-state index in [4.69, 9.17) is 18.9 Å². The molecule has 1 fully saturated rings. The maximum Gasteiger partial charge on any atom is 0.329 e. The Hall–Kier alpha value is -7.38. The molecule has 2 aromatic carbocycles. The van der Waals surface area contributed by atoms with Gasteiger partial charge in [-0.3, -0.25) is 19.2 Å². The average molecular weight is 1170 g/mol. The number of ether oxygens (including phenoxy) is 4. The summed E-state index contributed by atoms with van der Waals surface area (Å²) >= 11 is 0. The van der Waals surface area contributed by atoms with Gasteiger partial charge in [0.25, 0.3) is 23.6 Å². The Morgan fingerprint density at radius 2 is 0.643 bits per heavy atom. The van der Waals surface area contributed by atoms with Gasteiger partial charge in [-0.25, -0.2) is 29.1 Å². The van der Waals surface area contributed by atoms with Crippen LogP contribution in [0.5, 0.6) is 0 Å². The van der Waals surface area contributed by atoms with E-state index in [-0.39, 0.29) is 62.2 Å². The standard InChI is InChI=1S/C64H92N8O12/c1-37(2)27-51-61(77)81-45(13)57(73)67(15)54(30-40(7)8)64(80)84-56(32-48-21-25-50(26-22-48)34-72-36-66-42(10)44(72)12)60(76)70(18)52(28-38(3)4)62(78)82-46(14)58(74)68(16)53(29-39(5)6)63(79)83-55(59(75)69(51)17)31-47-19-23-49(24-20-47)33-71-35-65-41(9)43(71)11/h19-26,35-40,45-46,51-56H,27-34H2,1-18H3/t45-,46-,51+,52+,53+,54+,55-,56-/m1/s1. The molecule has 84 heavy (non-hydrogen) atoms. The Balaban J connectivity index is 1.59. The number of rotatable bonds is 16. The summed E-state index contributed by atoms with van der Waals surface area (Å²) in [6.45, 7) is 26.5. The number of aromatic nitrogens is 4. The first-order chi connectivity index (χ1) is 39.4. The Kier molecular flexibility index (Phi) is 24.0. The molecule has 8 atom stereocenters. The average Bonchev–Trinajstić information content (AvgIpc) is 4.11. The molecule has 0 aliphatic carbocycles. The van der Waals surface area contributed by atoms with Crippen LogP contribution >= 0.6 is 0 Å². The molecule has 3 heterocycles. The number of benzene rings is 2. The lowest BCUT2D eigenvalue weighted by atomic mass is 9.99. The minimum atomic E-state index is -1.53. The third-order valence-electron chi connectivity index (χ3n) is 15.8. The minimum absolute atomic E-state index is 0.0844. The van der Waals surface area contributed by atoms with Gasteiger partial charge < -0.3 is 47.7 Å². The smallest absolute Gasteiger partial charge is 0.329 e. The van der Waals surface area contributed by atoms with E-state index >= 15 is 9.59 Å². The Morgan fingerprint density at radius 3 is 0.893 bits per heavy atom. The molecule has 5 rings (SSSR count). The monoisotopic (exact) mass is 1160 g/mol. The van der Waals surface area contributed by atoms with Gasteiger partial charge >= 0.3 is 23.9 Å². The Labute approximate surface area is 496 Å². The second kappa shape index (κ2) is 29.9. The van der Waals surface area contributed by atoms with Gasteiger partial charge in [0.2, 0.25) is 0 Å².